The zero-order valence-corrected chi connectivity index (χ0v) is 5.34. The molecule has 0 saturated heterocycles. The Hall–Kier alpha value is -1.06. The number of ether oxygens (including phenoxy) is 2. The molecule has 0 amide bonds. The summed E-state index contributed by atoms with van der Waals surface area (Å²) < 4.78 is 8.54. The highest BCUT2D eigenvalue weighted by atomic mass is 16.7. The highest BCUT2D eigenvalue weighted by Gasteiger charge is 1.93. The van der Waals surface area contributed by atoms with E-state index in [4.69, 9.17) is 0 Å². The molecule has 0 aromatic carbocycles. The molecular weight excluding hydrogens is 124 g/mol. The summed E-state index contributed by atoms with van der Waals surface area (Å²) in [6.07, 6.45) is 0. The fourth-order valence-electron chi connectivity index (χ4n) is 0.195. The first-order chi connectivity index (χ1) is 4.13. The van der Waals surface area contributed by atoms with Gasteiger partial charge in [0.25, 0.3) is 0 Å². The summed E-state index contributed by atoms with van der Waals surface area (Å²) in [5.74, 6) is -0.924. The van der Waals surface area contributed by atoms with Gasteiger partial charge in [-0.3, -0.25) is 9.59 Å². The summed E-state index contributed by atoms with van der Waals surface area (Å²) >= 11 is 0. The van der Waals surface area contributed by atoms with Crippen molar-refractivity contribution in [1.29, 1.82) is 0 Å². The van der Waals surface area contributed by atoms with Crippen molar-refractivity contribution in [2.24, 2.45) is 0 Å². The Bertz CT molecular complexity index is 104. The second-order valence-corrected chi connectivity index (χ2v) is 1.39. The van der Waals surface area contributed by atoms with Gasteiger partial charge in [-0.15, -0.1) is 0 Å². The molecule has 0 radical (unpaired) electrons. The van der Waals surface area contributed by atoms with Gasteiger partial charge in [0.1, 0.15) is 0 Å². The lowest BCUT2D eigenvalue weighted by Gasteiger charge is -1.99. The first-order valence-corrected chi connectivity index (χ1v) is 2.39. The van der Waals surface area contributed by atoms with Crippen LogP contribution in [0.25, 0.3) is 0 Å². The summed E-state index contributed by atoms with van der Waals surface area (Å²) in [6.45, 7) is 2.19. The van der Waals surface area contributed by atoms with E-state index in [9.17, 15) is 9.59 Å². The van der Waals surface area contributed by atoms with Crippen molar-refractivity contribution < 1.29 is 19.1 Å². The molecule has 0 fully saturated rings. The lowest BCUT2D eigenvalue weighted by atomic mass is 10.8. The number of esters is 2. The van der Waals surface area contributed by atoms with E-state index in [1.54, 1.807) is 0 Å². The molecule has 0 aliphatic rings. The fraction of sp³-hybridized carbons (Fsp3) is 0.600. The van der Waals surface area contributed by atoms with Crippen LogP contribution in [0.15, 0.2) is 0 Å². The molecule has 0 rings (SSSR count). The van der Waals surface area contributed by atoms with Gasteiger partial charge in [-0.2, -0.15) is 0 Å². The zero-order valence-electron chi connectivity index (χ0n) is 5.34. The summed E-state index contributed by atoms with van der Waals surface area (Å²) in [6, 6.07) is 0. The van der Waals surface area contributed by atoms with E-state index in [-0.39, 0.29) is 6.79 Å². The van der Waals surface area contributed by atoms with Crippen LogP contribution in [0, 0.1) is 0 Å². The van der Waals surface area contributed by atoms with Crippen LogP contribution in [0.2, 0.25) is 0 Å². The van der Waals surface area contributed by atoms with E-state index in [1.165, 1.54) is 13.8 Å². The van der Waals surface area contributed by atoms with Crippen LogP contribution in [0.4, 0.5) is 0 Å². The number of carbonyl (C=O) groups excluding carboxylic acids is 2. The molecule has 0 aliphatic carbocycles. The number of carbonyl (C=O) groups is 2. The quantitative estimate of drug-likeness (QED) is 0.394. The van der Waals surface area contributed by atoms with E-state index in [2.05, 4.69) is 9.47 Å². The predicted octanol–water partition coefficient (Wildman–Crippen LogP) is 0.0701. The van der Waals surface area contributed by atoms with Crippen LogP contribution in [-0.2, 0) is 19.1 Å². The number of hydrogen-bond acceptors (Lipinski definition) is 4. The summed E-state index contributed by atoms with van der Waals surface area (Å²) in [4.78, 5) is 20.0. The van der Waals surface area contributed by atoms with Crippen LogP contribution in [-0.4, -0.2) is 18.7 Å². The van der Waals surface area contributed by atoms with Crippen molar-refractivity contribution in [2.45, 2.75) is 13.8 Å². The third-order valence-corrected chi connectivity index (χ3v) is 0.524. The van der Waals surface area contributed by atoms with E-state index < -0.39 is 11.9 Å². The van der Waals surface area contributed by atoms with Crippen molar-refractivity contribution in [3.63, 3.8) is 0 Å². The zero-order chi connectivity index (χ0) is 7.28. The molecule has 0 bridgehead atoms. The van der Waals surface area contributed by atoms with Gasteiger partial charge in [-0.05, 0) is 0 Å². The smallest absolute Gasteiger partial charge is 0.305 e. The molecule has 0 aliphatic heterocycles. The monoisotopic (exact) mass is 132 g/mol. The SMILES string of the molecule is CC(=O)OCOC(C)=O. The van der Waals surface area contributed by atoms with Crippen molar-refractivity contribution in [3.05, 3.63) is 0 Å². The largest absolute Gasteiger partial charge is 0.428 e. The van der Waals surface area contributed by atoms with E-state index in [0.717, 1.165) is 0 Å². The minimum Gasteiger partial charge on any atom is -0.428 e. The van der Waals surface area contributed by atoms with E-state index in [1.807, 2.05) is 0 Å². The summed E-state index contributed by atoms with van der Waals surface area (Å²) in [7, 11) is 0. The molecule has 0 atom stereocenters. The van der Waals surface area contributed by atoms with Crippen molar-refractivity contribution >= 4 is 11.9 Å². The Balaban J connectivity index is 3.10. The summed E-state index contributed by atoms with van der Waals surface area (Å²) in [5.41, 5.74) is 0. The number of hydrogen-bond donors (Lipinski definition) is 0. The van der Waals surface area contributed by atoms with Crippen molar-refractivity contribution in [3.8, 4) is 0 Å². The Labute approximate surface area is 52.7 Å². The van der Waals surface area contributed by atoms with Gasteiger partial charge in [0.2, 0.25) is 6.79 Å². The second-order valence-electron chi connectivity index (χ2n) is 1.39. The molecule has 4 heteroatoms. The second kappa shape index (κ2) is 3.88. The van der Waals surface area contributed by atoms with Crippen LogP contribution in [0.1, 0.15) is 13.8 Å². The first kappa shape index (κ1) is 7.94. The molecular formula is C5H8O4. The van der Waals surface area contributed by atoms with Crippen LogP contribution < -0.4 is 0 Å². The van der Waals surface area contributed by atoms with Gasteiger partial charge in [-0.25, -0.2) is 0 Å². The minimum absolute atomic E-state index is 0.287. The highest BCUT2D eigenvalue weighted by molar-refractivity contribution is 5.67. The third kappa shape index (κ3) is 6.94. The first-order valence-electron chi connectivity index (χ1n) is 2.39. The topological polar surface area (TPSA) is 52.6 Å². The Kier molecular flexibility index (Phi) is 3.43. The maximum atomic E-state index is 10.0. The van der Waals surface area contributed by atoms with Gasteiger partial charge in [0.15, 0.2) is 0 Å². The van der Waals surface area contributed by atoms with Crippen molar-refractivity contribution in [1.82, 2.24) is 0 Å². The molecule has 0 aromatic heterocycles. The maximum absolute atomic E-state index is 10.0. The molecule has 0 unspecified atom stereocenters. The van der Waals surface area contributed by atoms with Gasteiger partial charge in [-0.1, -0.05) is 0 Å². The molecule has 0 heterocycles. The predicted molar refractivity (Wildman–Crippen MR) is 28.4 cm³/mol. The van der Waals surface area contributed by atoms with Crippen LogP contribution in [0.5, 0.6) is 0 Å². The van der Waals surface area contributed by atoms with Gasteiger partial charge in [0, 0.05) is 13.8 Å². The lowest BCUT2D eigenvalue weighted by Crippen LogP contribution is -2.07. The van der Waals surface area contributed by atoms with E-state index in [0.29, 0.717) is 0 Å². The van der Waals surface area contributed by atoms with Gasteiger partial charge >= 0.3 is 11.9 Å². The Morgan fingerprint density at radius 2 is 1.44 bits per heavy atom. The molecule has 0 aromatic rings. The molecule has 52 valence electrons. The third-order valence-electron chi connectivity index (χ3n) is 0.524. The Morgan fingerprint density at radius 3 is 1.67 bits per heavy atom. The van der Waals surface area contributed by atoms with Gasteiger partial charge < -0.3 is 9.47 Å². The standard InChI is InChI=1S/C5H8O4/c1-4(6)8-3-9-5(2)7/h3H2,1-2H3. The Morgan fingerprint density at radius 1 is 1.11 bits per heavy atom. The molecule has 0 spiro atoms. The number of rotatable bonds is 2. The van der Waals surface area contributed by atoms with E-state index >= 15 is 0 Å². The average Bonchev–Trinajstić information content (AvgIpc) is 1.63. The molecule has 9 heavy (non-hydrogen) atoms. The maximum Gasteiger partial charge on any atom is 0.305 e. The highest BCUT2D eigenvalue weighted by Crippen LogP contribution is 1.79. The molecule has 0 saturated carbocycles. The molecule has 4 nitrogen and oxygen atoms in total. The summed E-state index contributed by atoms with van der Waals surface area (Å²) in [5, 5.41) is 0. The van der Waals surface area contributed by atoms with Crippen LogP contribution >= 0.6 is 0 Å². The minimum atomic E-state index is -0.462. The molecule has 0 N–H and O–H groups in total. The normalized spacial score (nSPS) is 8.22. The fourth-order valence-corrected chi connectivity index (χ4v) is 0.195. The van der Waals surface area contributed by atoms with Gasteiger partial charge in [0.05, 0.1) is 0 Å². The average molecular weight is 132 g/mol. The van der Waals surface area contributed by atoms with Crippen molar-refractivity contribution in [2.75, 3.05) is 6.79 Å². The van der Waals surface area contributed by atoms with Crippen LogP contribution in [0.3, 0.4) is 0 Å². The lowest BCUT2D eigenvalue weighted by molar-refractivity contribution is -0.163.